The van der Waals surface area contributed by atoms with Gasteiger partial charge in [0.15, 0.2) is 4.77 Å². The monoisotopic (exact) mass is 228 g/mol. The second-order valence-electron chi connectivity index (χ2n) is 3.83. The van der Waals surface area contributed by atoms with Crippen LogP contribution in [-0.2, 0) is 11.8 Å². The number of H-pyrrole nitrogens is 1. The Morgan fingerprint density at radius 1 is 1.60 bits per heavy atom. The Morgan fingerprint density at radius 2 is 2.40 bits per heavy atom. The van der Waals surface area contributed by atoms with E-state index in [2.05, 4.69) is 15.1 Å². The van der Waals surface area contributed by atoms with Gasteiger partial charge in [0.05, 0.1) is 6.10 Å². The molecule has 1 aromatic heterocycles. The Bertz CT molecular complexity index is 386. The lowest BCUT2D eigenvalue weighted by molar-refractivity contribution is 0.0888. The van der Waals surface area contributed by atoms with Gasteiger partial charge in [-0.3, -0.25) is 4.57 Å². The van der Waals surface area contributed by atoms with Crippen LogP contribution in [-0.4, -0.2) is 41.1 Å². The SMILES string of the molecule is COC1CCCN(c2n[nH]c(=S)n2C)C1. The molecule has 1 saturated heterocycles. The standard InChI is InChI=1S/C9H16N4OS/c1-12-8(10-11-9(12)15)13-5-3-4-7(6-13)14-2/h7H,3-6H2,1-2H3,(H,11,15). The van der Waals surface area contributed by atoms with Crippen molar-refractivity contribution >= 4 is 18.2 Å². The first-order chi connectivity index (χ1) is 7.22. The third-order valence-corrected chi connectivity index (χ3v) is 3.22. The van der Waals surface area contributed by atoms with Gasteiger partial charge in [-0.15, -0.1) is 5.10 Å². The lowest BCUT2D eigenvalue weighted by Gasteiger charge is -2.32. The topological polar surface area (TPSA) is 46.1 Å². The Morgan fingerprint density at radius 3 is 3.00 bits per heavy atom. The maximum Gasteiger partial charge on any atom is 0.225 e. The summed E-state index contributed by atoms with van der Waals surface area (Å²) >= 11 is 5.09. The summed E-state index contributed by atoms with van der Waals surface area (Å²) in [6.45, 7) is 1.91. The lowest BCUT2D eigenvalue weighted by Crippen LogP contribution is -2.40. The van der Waals surface area contributed by atoms with Gasteiger partial charge in [-0.1, -0.05) is 0 Å². The summed E-state index contributed by atoms with van der Waals surface area (Å²) in [4.78, 5) is 2.21. The molecule has 1 aromatic rings. The molecule has 0 amide bonds. The Hall–Kier alpha value is -0.880. The highest BCUT2D eigenvalue weighted by Crippen LogP contribution is 2.18. The van der Waals surface area contributed by atoms with E-state index in [1.54, 1.807) is 7.11 Å². The predicted molar refractivity (Wildman–Crippen MR) is 60.6 cm³/mol. The molecule has 0 aromatic carbocycles. The number of ether oxygens (including phenoxy) is 1. The van der Waals surface area contributed by atoms with Crippen LogP contribution in [0.5, 0.6) is 0 Å². The van der Waals surface area contributed by atoms with Crippen molar-refractivity contribution in [1.82, 2.24) is 14.8 Å². The summed E-state index contributed by atoms with van der Waals surface area (Å²) in [7, 11) is 3.69. The van der Waals surface area contributed by atoms with E-state index >= 15 is 0 Å². The zero-order valence-corrected chi connectivity index (χ0v) is 9.88. The van der Waals surface area contributed by atoms with Crippen molar-refractivity contribution < 1.29 is 4.74 Å². The van der Waals surface area contributed by atoms with Crippen LogP contribution in [0.2, 0.25) is 0 Å². The zero-order chi connectivity index (χ0) is 10.8. The molecule has 0 spiro atoms. The summed E-state index contributed by atoms with van der Waals surface area (Å²) in [5, 5.41) is 7.02. The normalized spacial score (nSPS) is 22.0. The summed E-state index contributed by atoms with van der Waals surface area (Å²) in [6, 6.07) is 0. The van der Waals surface area contributed by atoms with Crippen molar-refractivity contribution in [3.05, 3.63) is 4.77 Å². The molecule has 84 valence electrons. The first-order valence-electron chi connectivity index (χ1n) is 5.11. The van der Waals surface area contributed by atoms with Crippen LogP contribution in [0.1, 0.15) is 12.8 Å². The number of aromatic nitrogens is 3. The minimum absolute atomic E-state index is 0.309. The quantitative estimate of drug-likeness (QED) is 0.770. The van der Waals surface area contributed by atoms with E-state index in [9.17, 15) is 0 Å². The van der Waals surface area contributed by atoms with Crippen LogP contribution in [0.15, 0.2) is 0 Å². The van der Waals surface area contributed by atoms with Gasteiger partial charge in [-0.05, 0) is 25.1 Å². The highest BCUT2D eigenvalue weighted by molar-refractivity contribution is 7.71. The number of piperidine rings is 1. The maximum atomic E-state index is 5.37. The highest BCUT2D eigenvalue weighted by Gasteiger charge is 2.22. The van der Waals surface area contributed by atoms with E-state index in [0.29, 0.717) is 10.9 Å². The first-order valence-corrected chi connectivity index (χ1v) is 5.52. The van der Waals surface area contributed by atoms with E-state index in [4.69, 9.17) is 17.0 Å². The molecule has 2 rings (SSSR count). The van der Waals surface area contributed by atoms with E-state index in [1.165, 1.54) is 0 Å². The van der Waals surface area contributed by atoms with Crippen molar-refractivity contribution in [3.63, 3.8) is 0 Å². The van der Waals surface area contributed by atoms with E-state index in [-0.39, 0.29) is 0 Å². The number of methoxy groups -OCH3 is 1. The Labute approximate surface area is 94.0 Å². The summed E-state index contributed by atoms with van der Waals surface area (Å²) in [5.41, 5.74) is 0. The van der Waals surface area contributed by atoms with Crippen molar-refractivity contribution in [2.45, 2.75) is 18.9 Å². The van der Waals surface area contributed by atoms with E-state index in [0.717, 1.165) is 31.9 Å². The number of anilines is 1. The van der Waals surface area contributed by atoms with Gasteiger partial charge in [-0.25, -0.2) is 5.10 Å². The smallest absolute Gasteiger partial charge is 0.225 e. The average Bonchev–Trinajstić information content (AvgIpc) is 2.60. The molecule has 0 radical (unpaired) electrons. The fourth-order valence-electron chi connectivity index (χ4n) is 1.93. The molecular weight excluding hydrogens is 212 g/mol. The lowest BCUT2D eigenvalue weighted by atomic mass is 10.1. The summed E-state index contributed by atoms with van der Waals surface area (Å²) < 4.78 is 7.93. The average molecular weight is 228 g/mol. The third kappa shape index (κ3) is 2.05. The summed E-state index contributed by atoms with van der Waals surface area (Å²) in [5.74, 6) is 0.904. The molecule has 1 unspecified atom stereocenters. The molecule has 0 aliphatic carbocycles. The predicted octanol–water partition coefficient (Wildman–Crippen LogP) is 1.09. The molecule has 0 saturated carbocycles. The van der Waals surface area contributed by atoms with Gasteiger partial charge >= 0.3 is 0 Å². The van der Waals surface area contributed by atoms with Gasteiger partial charge in [0, 0.05) is 27.2 Å². The molecule has 2 heterocycles. The second-order valence-corrected chi connectivity index (χ2v) is 4.22. The first kappa shape index (κ1) is 10.6. The van der Waals surface area contributed by atoms with Gasteiger partial charge in [0.25, 0.3) is 0 Å². The van der Waals surface area contributed by atoms with Crippen LogP contribution in [0.4, 0.5) is 5.95 Å². The minimum atomic E-state index is 0.309. The molecule has 1 atom stereocenters. The Kier molecular flexibility index (Phi) is 3.06. The van der Waals surface area contributed by atoms with Gasteiger partial charge < -0.3 is 9.64 Å². The molecular formula is C9H16N4OS. The summed E-state index contributed by atoms with van der Waals surface area (Å²) in [6.07, 6.45) is 2.57. The van der Waals surface area contributed by atoms with Gasteiger partial charge in [0.1, 0.15) is 0 Å². The largest absolute Gasteiger partial charge is 0.380 e. The van der Waals surface area contributed by atoms with Crippen LogP contribution in [0.3, 0.4) is 0 Å². The minimum Gasteiger partial charge on any atom is -0.380 e. The number of nitrogens with zero attached hydrogens (tertiary/aromatic N) is 3. The molecule has 6 heteroatoms. The molecule has 5 nitrogen and oxygen atoms in total. The fourth-order valence-corrected chi connectivity index (χ4v) is 2.06. The zero-order valence-electron chi connectivity index (χ0n) is 9.06. The van der Waals surface area contributed by atoms with Crippen molar-refractivity contribution in [3.8, 4) is 0 Å². The molecule has 1 aliphatic rings. The van der Waals surface area contributed by atoms with Crippen molar-refractivity contribution in [2.24, 2.45) is 7.05 Å². The molecule has 15 heavy (non-hydrogen) atoms. The van der Waals surface area contributed by atoms with Crippen LogP contribution in [0, 0.1) is 4.77 Å². The van der Waals surface area contributed by atoms with E-state index in [1.807, 2.05) is 11.6 Å². The third-order valence-electron chi connectivity index (χ3n) is 2.85. The number of aromatic amines is 1. The molecule has 1 fully saturated rings. The van der Waals surface area contributed by atoms with Crippen molar-refractivity contribution in [2.75, 3.05) is 25.1 Å². The van der Waals surface area contributed by atoms with Crippen molar-refractivity contribution in [1.29, 1.82) is 0 Å². The van der Waals surface area contributed by atoms with Crippen LogP contribution >= 0.6 is 12.2 Å². The number of hydrogen-bond donors (Lipinski definition) is 1. The highest BCUT2D eigenvalue weighted by atomic mass is 32.1. The fraction of sp³-hybridized carbons (Fsp3) is 0.778. The van der Waals surface area contributed by atoms with Crippen LogP contribution in [0.25, 0.3) is 0 Å². The molecule has 1 N–H and O–H groups in total. The Balaban J connectivity index is 2.16. The second kappa shape index (κ2) is 4.32. The number of rotatable bonds is 2. The molecule has 1 aliphatic heterocycles. The molecule has 0 bridgehead atoms. The maximum absolute atomic E-state index is 5.37. The number of hydrogen-bond acceptors (Lipinski definition) is 4. The van der Waals surface area contributed by atoms with E-state index < -0.39 is 0 Å². The van der Waals surface area contributed by atoms with Crippen LogP contribution < -0.4 is 4.90 Å². The number of nitrogens with one attached hydrogen (secondary N) is 1. The van der Waals surface area contributed by atoms with Gasteiger partial charge in [0.2, 0.25) is 5.95 Å². The van der Waals surface area contributed by atoms with Gasteiger partial charge in [-0.2, -0.15) is 0 Å².